The molecule has 4 aromatic rings. The average molecular weight is 371 g/mol. The van der Waals surface area contributed by atoms with Crippen LogP contribution < -0.4 is 10.5 Å². The Labute approximate surface area is 150 Å². The molecule has 0 unspecified atom stereocenters. The minimum Gasteiger partial charge on any atom is -0.457 e. The quantitative estimate of drug-likeness (QED) is 0.557. The number of nitrogens with two attached hydrogens (primary N) is 1. The fourth-order valence-corrected chi connectivity index (χ4v) is 2.70. The van der Waals surface area contributed by atoms with Gasteiger partial charge in [0.15, 0.2) is 0 Å². The first-order chi connectivity index (χ1) is 12.9. The van der Waals surface area contributed by atoms with E-state index in [4.69, 9.17) is 10.5 Å². The van der Waals surface area contributed by atoms with Crippen LogP contribution in [0.3, 0.4) is 0 Å². The van der Waals surface area contributed by atoms with Gasteiger partial charge in [-0.15, -0.1) is 0 Å². The molecule has 0 radical (unpaired) electrons. The first kappa shape index (κ1) is 16.8. The molecule has 136 valence electrons. The first-order valence-electron chi connectivity index (χ1n) is 7.82. The lowest BCUT2D eigenvalue weighted by molar-refractivity contribution is -0.137. The zero-order valence-electron chi connectivity index (χ0n) is 13.7. The van der Waals surface area contributed by atoms with Gasteiger partial charge in [0.1, 0.15) is 17.1 Å². The monoisotopic (exact) mass is 371 g/mol. The molecule has 6 nitrogen and oxygen atoms in total. The van der Waals surface area contributed by atoms with Gasteiger partial charge in [0.25, 0.3) is 0 Å². The van der Waals surface area contributed by atoms with Gasteiger partial charge in [0.2, 0.25) is 5.95 Å². The second-order valence-electron chi connectivity index (χ2n) is 5.66. The molecule has 0 spiro atoms. The number of nitrogens with one attached hydrogen (secondary N) is 1. The number of nitrogen functional groups attached to an aromatic ring is 1. The van der Waals surface area contributed by atoms with Gasteiger partial charge in [0.05, 0.1) is 16.6 Å². The van der Waals surface area contributed by atoms with Crippen molar-refractivity contribution in [2.45, 2.75) is 6.18 Å². The zero-order valence-corrected chi connectivity index (χ0v) is 13.7. The summed E-state index contributed by atoms with van der Waals surface area (Å²) in [6.45, 7) is 0. The number of anilines is 1. The number of halogens is 3. The summed E-state index contributed by atoms with van der Waals surface area (Å²) >= 11 is 0. The van der Waals surface area contributed by atoms with Crippen LogP contribution in [0.1, 0.15) is 5.56 Å². The molecule has 0 atom stereocenters. The minimum atomic E-state index is -4.45. The van der Waals surface area contributed by atoms with Crippen molar-refractivity contribution in [3.05, 3.63) is 60.6 Å². The number of pyridine rings is 1. The van der Waals surface area contributed by atoms with Crippen molar-refractivity contribution in [3.8, 4) is 22.8 Å². The molecule has 0 aliphatic heterocycles. The maximum absolute atomic E-state index is 12.9. The van der Waals surface area contributed by atoms with Crippen molar-refractivity contribution >= 4 is 17.0 Å². The lowest BCUT2D eigenvalue weighted by Gasteiger charge is -2.11. The first-order valence-corrected chi connectivity index (χ1v) is 7.82. The molecule has 0 aliphatic rings. The normalized spacial score (nSPS) is 11.7. The number of fused-ring (bicyclic) bond motifs is 1. The Hall–Kier alpha value is -3.62. The molecular formula is C18H12F3N5O. The van der Waals surface area contributed by atoms with Crippen molar-refractivity contribution in [2.75, 3.05) is 5.73 Å². The molecule has 0 aliphatic carbocycles. The third kappa shape index (κ3) is 3.26. The molecule has 3 heterocycles. The highest BCUT2D eigenvalue weighted by Crippen LogP contribution is 2.37. The van der Waals surface area contributed by atoms with Gasteiger partial charge < -0.3 is 15.5 Å². The van der Waals surface area contributed by atoms with Gasteiger partial charge >= 0.3 is 6.18 Å². The molecule has 9 heteroatoms. The topological polar surface area (TPSA) is 89.7 Å². The number of H-pyrrole nitrogens is 1. The van der Waals surface area contributed by atoms with Crippen LogP contribution in [0.4, 0.5) is 19.1 Å². The van der Waals surface area contributed by atoms with Gasteiger partial charge in [-0.1, -0.05) is 6.07 Å². The molecule has 0 fully saturated rings. The Kier molecular flexibility index (Phi) is 3.91. The van der Waals surface area contributed by atoms with Crippen LogP contribution in [0.2, 0.25) is 0 Å². The van der Waals surface area contributed by atoms with E-state index in [-0.39, 0.29) is 11.7 Å². The van der Waals surface area contributed by atoms with Gasteiger partial charge in [-0.25, -0.2) is 15.0 Å². The van der Waals surface area contributed by atoms with E-state index in [2.05, 4.69) is 19.9 Å². The van der Waals surface area contributed by atoms with E-state index in [0.29, 0.717) is 28.0 Å². The highest BCUT2D eigenvalue weighted by Gasteiger charge is 2.30. The summed E-state index contributed by atoms with van der Waals surface area (Å²) in [5.74, 6) is 0.505. The number of aromatic nitrogens is 4. The number of benzene rings is 1. The smallest absolute Gasteiger partial charge is 0.416 e. The fourth-order valence-electron chi connectivity index (χ4n) is 2.70. The summed E-state index contributed by atoms with van der Waals surface area (Å²) in [5.41, 5.74) is 6.54. The molecule has 0 bridgehead atoms. The van der Waals surface area contributed by atoms with E-state index in [9.17, 15) is 13.2 Å². The number of ether oxygens (including phenoxy) is 1. The van der Waals surface area contributed by atoms with E-state index < -0.39 is 11.7 Å². The summed E-state index contributed by atoms with van der Waals surface area (Å²) in [7, 11) is 0. The van der Waals surface area contributed by atoms with Crippen LogP contribution in [-0.4, -0.2) is 19.9 Å². The number of hydrogen-bond acceptors (Lipinski definition) is 5. The molecule has 3 aromatic heterocycles. The average Bonchev–Trinajstić information content (AvgIpc) is 3.06. The number of rotatable bonds is 3. The Morgan fingerprint density at radius 2 is 1.85 bits per heavy atom. The van der Waals surface area contributed by atoms with Crippen molar-refractivity contribution in [2.24, 2.45) is 0 Å². The van der Waals surface area contributed by atoms with Gasteiger partial charge in [-0.3, -0.25) is 0 Å². The zero-order chi connectivity index (χ0) is 19.0. The number of aromatic amines is 1. The highest BCUT2D eigenvalue weighted by molar-refractivity contribution is 5.97. The largest absolute Gasteiger partial charge is 0.457 e. The van der Waals surface area contributed by atoms with E-state index in [0.717, 1.165) is 12.1 Å². The standard InChI is InChI=1S/C18H12F3N5O/c19-18(20,21)10-2-1-3-11(8-10)27-14-5-7-23-16-15(14)12(9-25-16)13-4-6-24-17(22)26-13/h1-9H,(H,23,25)(H2,22,24,26). The minimum absolute atomic E-state index is 0.0617. The summed E-state index contributed by atoms with van der Waals surface area (Å²) < 4.78 is 44.6. The Balaban J connectivity index is 1.80. The Morgan fingerprint density at radius 3 is 2.63 bits per heavy atom. The molecular weight excluding hydrogens is 359 g/mol. The summed E-state index contributed by atoms with van der Waals surface area (Å²) in [6, 6.07) is 7.92. The Morgan fingerprint density at radius 1 is 1.04 bits per heavy atom. The number of hydrogen-bond donors (Lipinski definition) is 2. The van der Waals surface area contributed by atoms with Crippen LogP contribution in [0, 0.1) is 0 Å². The van der Waals surface area contributed by atoms with E-state index >= 15 is 0 Å². The lowest BCUT2D eigenvalue weighted by Crippen LogP contribution is -2.04. The van der Waals surface area contributed by atoms with Crippen LogP contribution in [0.5, 0.6) is 11.5 Å². The molecule has 3 N–H and O–H groups in total. The predicted molar refractivity (Wildman–Crippen MR) is 93.1 cm³/mol. The molecule has 0 saturated carbocycles. The van der Waals surface area contributed by atoms with Crippen molar-refractivity contribution in [3.63, 3.8) is 0 Å². The summed E-state index contributed by atoms with van der Waals surface area (Å²) in [5, 5.41) is 0.577. The van der Waals surface area contributed by atoms with E-state index in [1.165, 1.54) is 24.5 Å². The highest BCUT2D eigenvalue weighted by atomic mass is 19.4. The van der Waals surface area contributed by atoms with E-state index in [1.807, 2.05) is 0 Å². The van der Waals surface area contributed by atoms with Gasteiger partial charge in [-0.05, 0) is 30.3 Å². The second kappa shape index (κ2) is 6.27. The molecule has 27 heavy (non-hydrogen) atoms. The third-order valence-corrected chi connectivity index (χ3v) is 3.87. The number of nitrogens with zero attached hydrogens (tertiary/aromatic N) is 3. The third-order valence-electron chi connectivity index (χ3n) is 3.87. The summed E-state index contributed by atoms with van der Waals surface area (Å²) in [6.07, 6.45) is 0.239. The van der Waals surface area contributed by atoms with Crippen LogP contribution in [0.25, 0.3) is 22.3 Å². The molecule has 4 rings (SSSR count). The number of alkyl halides is 3. The van der Waals surface area contributed by atoms with Crippen molar-refractivity contribution in [1.82, 2.24) is 19.9 Å². The molecule has 0 saturated heterocycles. The maximum atomic E-state index is 12.9. The Bertz CT molecular complexity index is 1120. The molecule has 1 aromatic carbocycles. The van der Waals surface area contributed by atoms with Crippen LogP contribution >= 0.6 is 0 Å². The summed E-state index contributed by atoms with van der Waals surface area (Å²) in [4.78, 5) is 15.2. The fraction of sp³-hybridized carbons (Fsp3) is 0.0556. The SMILES string of the molecule is Nc1nccc(-c2c[nH]c3nccc(Oc4cccc(C(F)(F)F)c4)c23)n1. The lowest BCUT2D eigenvalue weighted by atomic mass is 10.1. The van der Waals surface area contributed by atoms with Crippen LogP contribution in [-0.2, 0) is 6.18 Å². The van der Waals surface area contributed by atoms with Crippen LogP contribution in [0.15, 0.2) is 55.0 Å². The predicted octanol–water partition coefficient (Wildman–Crippen LogP) is 4.41. The second-order valence-corrected chi connectivity index (χ2v) is 5.66. The van der Waals surface area contributed by atoms with Gasteiger partial charge in [0, 0.05) is 24.2 Å². The van der Waals surface area contributed by atoms with Crippen molar-refractivity contribution in [1.29, 1.82) is 0 Å². The maximum Gasteiger partial charge on any atom is 0.416 e. The molecule has 0 amide bonds. The van der Waals surface area contributed by atoms with E-state index in [1.54, 1.807) is 18.3 Å². The van der Waals surface area contributed by atoms with Crippen molar-refractivity contribution < 1.29 is 17.9 Å². The van der Waals surface area contributed by atoms with Gasteiger partial charge in [-0.2, -0.15) is 13.2 Å².